The average Bonchev–Trinajstić information content (AvgIpc) is 2.84. The van der Waals surface area contributed by atoms with E-state index in [1.165, 1.54) is 6.42 Å². The Morgan fingerprint density at radius 1 is 1.50 bits per heavy atom. The maximum Gasteiger partial charge on any atom is 0.0994 e. The molecular formula is C14H18N2. The highest BCUT2D eigenvalue weighted by molar-refractivity contribution is 5.51. The monoisotopic (exact) mass is 214 g/mol. The average molecular weight is 214 g/mol. The van der Waals surface area contributed by atoms with Gasteiger partial charge in [0.2, 0.25) is 0 Å². The topological polar surface area (TPSA) is 35.8 Å². The molecule has 1 aliphatic rings. The number of nitrogens with one attached hydrogen (secondary N) is 1. The predicted molar refractivity (Wildman–Crippen MR) is 66.3 cm³/mol. The van der Waals surface area contributed by atoms with Crippen molar-refractivity contribution < 1.29 is 0 Å². The molecule has 0 amide bonds. The molecule has 0 radical (unpaired) electrons. The highest BCUT2D eigenvalue weighted by Gasteiger charge is 2.44. The van der Waals surface area contributed by atoms with Gasteiger partial charge >= 0.3 is 0 Å². The number of aryl methyl sites for hydroxylation is 1. The Bertz CT molecular complexity index is 441. The number of hydrogen-bond acceptors (Lipinski definition) is 2. The van der Waals surface area contributed by atoms with E-state index in [1.54, 1.807) is 0 Å². The molecule has 1 aliphatic carbocycles. The van der Waals surface area contributed by atoms with Crippen molar-refractivity contribution in [2.75, 3.05) is 11.9 Å². The summed E-state index contributed by atoms with van der Waals surface area (Å²) < 4.78 is 0. The molecule has 0 spiro atoms. The summed E-state index contributed by atoms with van der Waals surface area (Å²) in [4.78, 5) is 0. The molecule has 1 atom stereocenters. The number of anilines is 1. The van der Waals surface area contributed by atoms with Crippen LogP contribution >= 0.6 is 0 Å². The molecule has 84 valence electrons. The van der Waals surface area contributed by atoms with E-state index >= 15 is 0 Å². The van der Waals surface area contributed by atoms with Crippen molar-refractivity contribution in [3.05, 3.63) is 29.3 Å². The molecule has 0 bridgehead atoms. The lowest BCUT2D eigenvalue weighted by Crippen LogP contribution is -2.07. The van der Waals surface area contributed by atoms with Crippen molar-refractivity contribution in [1.82, 2.24) is 0 Å². The molecule has 0 saturated heterocycles. The van der Waals surface area contributed by atoms with Gasteiger partial charge in [-0.2, -0.15) is 5.26 Å². The van der Waals surface area contributed by atoms with Crippen LogP contribution < -0.4 is 5.32 Å². The van der Waals surface area contributed by atoms with Crippen molar-refractivity contribution >= 4 is 5.69 Å². The van der Waals surface area contributed by atoms with Crippen LogP contribution in [0.2, 0.25) is 0 Å². The first-order chi connectivity index (χ1) is 7.53. The number of benzene rings is 1. The van der Waals surface area contributed by atoms with Crippen LogP contribution in [0.4, 0.5) is 5.69 Å². The van der Waals surface area contributed by atoms with Gasteiger partial charge in [0.25, 0.3) is 0 Å². The van der Waals surface area contributed by atoms with Crippen molar-refractivity contribution in [2.45, 2.75) is 27.2 Å². The number of rotatable bonds is 3. The fourth-order valence-electron chi connectivity index (χ4n) is 2.06. The van der Waals surface area contributed by atoms with Crippen LogP contribution in [-0.2, 0) is 0 Å². The van der Waals surface area contributed by atoms with Crippen molar-refractivity contribution in [3.63, 3.8) is 0 Å². The Labute approximate surface area is 97.3 Å². The van der Waals surface area contributed by atoms with E-state index in [4.69, 9.17) is 5.26 Å². The predicted octanol–water partition coefficient (Wildman–Crippen LogP) is 3.32. The van der Waals surface area contributed by atoms with Crippen molar-refractivity contribution in [2.24, 2.45) is 11.3 Å². The van der Waals surface area contributed by atoms with Gasteiger partial charge in [0.1, 0.15) is 0 Å². The summed E-state index contributed by atoms with van der Waals surface area (Å²) in [7, 11) is 0. The molecule has 16 heavy (non-hydrogen) atoms. The molecule has 0 heterocycles. The summed E-state index contributed by atoms with van der Waals surface area (Å²) in [6, 6.07) is 8.11. The highest BCUT2D eigenvalue weighted by Crippen LogP contribution is 2.51. The van der Waals surface area contributed by atoms with Crippen molar-refractivity contribution in [1.29, 1.82) is 5.26 Å². The van der Waals surface area contributed by atoms with Gasteiger partial charge in [0.15, 0.2) is 0 Å². The van der Waals surface area contributed by atoms with Gasteiger partial charge in [0.05, 0.1) is 11.6 Å². The van der Waals surface area contributed by atoms with Crippen LogP contribution in [0.1, 0.15) is 31.4 Å². The molecule has 2 nitrogen and oxygen atoms in total. The van der Waals surface area contributed by atoms with Crippen LogP contribution in [0.25, 0.3) is 0 Å². The summed E-state index contributed by atoms with van der Waals surface area (Å²) >= 11 is 0. The Hall–Kier alpha value is -1.49. The molecule has 2 heteroatoms. The van der Waals surface area contributed by atoms with Crippen molar-refractivity contribution in [3.8, 4) is 6.07 Å². The van der Waals surface area contributed by atoms with Crippen LogP contribution in [0, 0.1) is 29.6 Å². The Kier molecular flexibility index (Phi) is 2.63. The van der Waals surface area contributed by atoms with E-state index in [1.807, 2.05) is 25.1 Å². The van der Waals surface area contributed by atoms with Gasteiger partial charge < -0.3 is 5.32 Å². The second-order valence-electron chi connectivity index (χ2n) is 5.41. The Morgan fingerprint density at radius 2 is 2.19 bits per heavy atom. The third-order valence-electron chi connectivity index (χ3n) is 3.62. The SMILES string of the molecule is Cc1cc(NCC2CC2(C)C)ccc1C#N. The fraction of sp³-hybridized carbons (Fsp3) is 0.500. The molecule has 0 aromatic heterocycles. The van der Waals surface area contributed by atoms with E-state index in [2.05, 4.69) is 25.2 Å². The van der Waals surface area contributed by atoms with Gasteiger partial charge in [-0.05, 0) is 48.4 Å². The number of nitriles is 1. The fourth-order valence-corrected chi connectivity index (χ4v) is 2.06. The summed E-state index contributed by atoms with van der Waals surface area (Å²) in [5.74, 6) is 0.795. The molecular weight excluding hydrogens is 196 g/mol. The van der Waals surface area contributed by atoms with Crippen LogP contribution in [0.15, 0.2) is 18.2 Å². The van der Waals surface area contributed by atoms with Gasteiger partial charge in [-0.3, -0.25) is 0 Å². The second kappa shape index (κ2) is 3.83. The third kappa shape index (κ3) is 2.19. The number of nitrogens with zero attached hydrogens (tertiary/aromatic N) is 1. The summed E-state index contributed by atoms with van der Waals surface area (Å²) in [6.07, 6.45) is 1.31. The molecule has 0 aliphatic heterocycles. The lowest BCUT2D eigenvalue weighted by molar-refractivity contribution is 0.573. The molecule has 2 rings (SSSR count). The Balaban J connectivity index is 1.96. The molecule has 1 N–H and O–H groups in total. The van der Waals surface area contributed by atoms with E-state index in [9.17, 15) is 0 Å². The van der Waals surface area contributed by atoms with Crippen LogP contribution in [0.3, 0.4) is 0 Å². The molecule has 1 saturated carbocycles. The zero-order valence-corrected chi connectivity index (χ0v) is 10.2. The largest absolute Gasteiger partial charge is 0.385 e. The summed E-state index contributed by atoms with van der Waals surface area (Å²) in [6.45, 7) is 7.63. The molecule has 1 aromatic carbocycles. The van der Waals surface area contributed by atoms with Gasteiger partial charge in [-0.25, -0.2) is 0 Å². The van der Waals surface area contributed by atoms with Gasteiger partial charge in [-0.1, -0.05) is 13.8 Å². The van der Waals surface area contributed by atoms with E-state index in [0.29, 0.717) is 5.41 Å². The Morgan fingerprint density at radius 3 is 2.69 bits per heavy atom. The molecule has 1 aromatic rings. The smallest absolute Gasteiger partial charge is 0.0994 e. The lowest BCUT2D eigenvalue weighted by atomic mass is 10.1. The number of hydrogen-bond donors (Lipinski definition) is 1. The van der Waals surface area contributed by atoms with E-state index in [-0.39, 0.29) is 0 Å². The van der Waals surface area contributed by atoms with E-state index < -0.39 is 0 Å². The maximum atomic E-state index is 8.84. The van der Waals surface area contributed by atoms with Gasteiger partial charge in [-0.15, -0.1) is 0 Å². The molecule has 1 unspecified atom stereocenters. The first-order valence-corrected chi connectivity index (χ1v) is 5.77. The zero-order valence-electron chi connectivity index (χ0n) is 10.2. The quantitative estimate of drug-likeness (QED) is 0.837. The lowest BCUT2D eigenvalue weighted by Gasteiger charge is -2.09. The summed E-state index contributed by atoms with van der Waals surface area (Å²) in [5, 5.41) is 12.3. The minimum atomic E-state index is 0.522. The molecule has 1 fully saturated rings. The zero-order chi connectivity index (χ0) is 11.8. The standard InChI is InChI=1S/C14H18N2/c1-10-6-13(5-4-11(10)8-15)16-9-12-7-14(12,2)3/h4-6,12,16H,7,9H2,1-3H3. The second-order valence-corrected chi connectivity index (χ2v) is 5.41. The first-order valence-electron chi connectivity index (χ1n) is 5.77. The van der Waals surface area contributed by atoms with Gasteiger partial charge in [0, 0.05) is 12.2 Å². The van der Waals surface area contributed by atoms with Crippen LogP contribution in [-0.4, -0.2) is 6.54 Å². The van der Waals surface area contributed by atoms with Crippen LogP contribution in [0.5, 0.6) is 0 Å². The third-order valence-corrected chi connectivity index (χ3v) is 3.62. The minimum Gasteiger partial charge on any atom is -0.385 e. The minimum absolute atomic E-state index is 0.522. The summed E-state index contributed by atoms with van der Waals surface area (Å²) in [5.41, 5.74) is 3.45. The highest BCUT2D eigenvalue weighted by atomic mass is 14.9. The van der Waals surface area contributed by atoms with E-state index in [0.717, 1.165) is 29.3 Å². The normalized spacial score (nSPS) is 21.2. The first kappa shape index (κ1) is 11.0. The maximum absolute atomic E-state index is 8.84.